The number of hydrogen-bond acceptors (Lipinski definition) is 5. The van der Waals surface area contributed by atoms with Crippen LogP contribution >= 0.6 is 0 Å². The predicted molar refractivity (Wildman–Crippen MR) is 123 cm³/mol. The summed E-state index contributed by atoms with van der Waals surface area (Å²) in [6.45, 7) is 1.38. The van der Waals surface area contributed by atoms with Gasteiger partial charge in [0.15, 0.2) is 17.5 Å². The van der Waals surface area contributed by atoms with Crippen LogP contribution in [-0.2, 0) is 11.2 Å². The molecule has 0 spiro atoms. The Morgan fingerprint density at radius 2 is 1.81 bits per heavy atom. The van der Waals surface area contributed by atoms with Gasteiger partial charge >= 0.3 is 0 Å². The minimum atomic E-state index is 0.152. The standard InChI is InChI=1S/C23H30N4O4/c1-24-23(26-17-14-19(29-2)22(31-4)20(15-17)30-3)25-12-7-10-21(28)27-13-11-16-8-5-6-9-18(16)27/h5-6,8-9,14-15H,7,10-13H2,1-4H3,(H2,24,25,26). The average molecular weight is 427 g/mol. The molecule has 1 amide bonds. The summed E-state index contributed by atoms with van der Waals surface area (Å²) >= 11 is 0. The Morgan fingerprint density at radius 1 is 1.10 bits per heavy atom. The van der Waals surface area contributed by atoms with Crippen molar-refractivity contribution in [1.29, 1.82) is 0 Å². The van der Waals surface area contributed by atoms with E-state index in [1.165, 1.54) is 5.56 Å². The number of amides is 1. The molecule has 0 bridgehead atoms. The molecule has 0 radical (unpaired) electrons. The zero-order valence-electron chi connectivity index (χ0n) is 18.5. The fourth-order valence-corrected chi connectivity index (χ4v) is 3.65. The Kier molecular flexibility index (Phi) is 7.59. The van der Waals surface area contributed by atoms with Crippen LogP contribution in [0.2, 0.25) is 0 Å². The molecule has 8 heteroatoms. The number of methoxy groups -OCH3 is 3. The average Bonchev–Trinajstić information content (AvgIpc) is 3.24. The number of hydrogen-bond donors (Lipinski definition) is 2. The SMILES string of the molecule is CN=C(NCCCC(=O)N1CCc2ccccc21)Nc1cc(OC)c(OC)c(OC)c1. The predicted octanol–water partition coefficient (Wildman–Crippen LogP) is 3.07. The van der Waals surface area contributed by atoms with Crippen molar-refractivity contribution in [2.45, 2.75) is 19.3 Å². The molecular formula is C23H30N4O4. The molecule has 166 valence electrons. The summed E-state index contributed by atoms with van der Waals surface area (Å²) in [6, 6.07) is 11.7. The first-order valence-electron chi connectivity index (χ1n) is 10.3. The van der Waals surface area contributed by atoms with Gasteiger partial charge in [0, 0.05) is 50.1 Å². The molecule has 0 unspecified atom stereocenters. The van der Waals surface area contributed by atoms with Crippen molar-refractivity contribution < 1.29 is 19.0 Å². The van der Waals surface area contributed by atoms with Crippen LogP contribution in [0.5, 0.6) is 17.2 Å². The number of guanidine groups is 1. The fourth-order valence-electron chi connectivity index (χ4n) is 3.65. The van der Waals surface area contributed by atoms with Gasteiger partial charge in [0.25, 0.3) is 0 Å². The number of rotatable bonds is 8. The van der Waals surface area contributed by atoms with Gasteiger partial charge in [0.2, 0.25) is 11.7 Å². The highest BCUT2D eigenvalue weighted by Crippen LogP contribution is 2.39. The van der Waals surface area contributed by atoms with E-state index in [2.05, 4.69) is 21.7 Å². The van der Waals surface area contributed by atoms with Crippen LogP contribution in [0.25, 0.3) is 0 Å². The summed E-state index contributed by atoms with van der Waals surface area (Å²) in [5.41, 5.74) is 3.02. The lowest BCUT2D eigenvalue weighted by molar-refractivity contribution is -0.118. The Hall–Kier alpha value is -3.42. The quantitative estimate of drug-likeness (QED) is 0.383. The third-order valence-corrected chi connectivity index (χ3v) is 5.20. The molecule has 8 nitrogen and oxygen atoms in total. The molecule has 0 fully saturated rings. The van der Waals surface area contributed by atoms with Crippen molar-refractivity contribution in [1.82, 2.24) is 5.32 Å². The first-order chi connectivity index (χ1) is 15.1. The van der Waals surface area contributed by atoms with Crippen LogP contribution in [-0.4, -0.2) is 53.3 Å². The number of fused-ring (bicyclic) bond motifs is 1. The maximum atomic E-state index is 12.6. The zero-order chi connectivity index (χ0) is 22.2. The highest BCUT2D eigenvalue weighted by Gasteiger charge is 2.23. The fraction of sp³-hybridized carbons (Fsp3) is 0.391. The maximum Gasteiger partial charge on any atom is 0.227 e. The summed E-state index contributed by atoms with van der Waals surface area (Å²) in [5.74, 6) is 2.38. The Balaban J connectivity index is 1.52. The van der Waals surface area contributed by atoms with Crippen molar-refractivity contribution >= 4 is 23.2 Å². The molecule has 31 heavy (non-hydrogen) atoms. The van der Waals surface area contributed by atoms with Crippen LogP contribution in [0, 0.1) is 0 Å². The third-order valence-electron chi connectivity index (χ3n) is 5.20. The minimum absolute atomic E-state index is 0.152. The second kappa shape index (κ2) is 10.6. The lowest BCUT2D eigenvalue weighted by Crippen LogP contribution is -2.33. The van der Waals surface area contributed by atoms with Gasteiger partial charge in [-0.2, -0.15) is 0 Å². The molecule has 1 aliphatic rings. The number of aliphatic imine (C=N–C) groups is 1. The number of ether oxygens (including phenoxy) is 3. The Morgan fingerprint density at radius 3 is 2.45 bits per heavy atom. The number of anilines is 2. The monoisotopic (exact) mass is 426 g/mol. The summed E-state index contributed by atoms with van der Waals surface area (Å²) in [5, 5.41) is 6.46. The molecule has 0 saturated carbocycles. The summed E-state index contributed by atoms with van der Waals surface area (Å²) in [7, 11) is 6.41. The van der Waals surface area contributed by atoms with Gasteiger partial charge in [0.1, 0.15) is 0 Å². The van der Waals surface area contributed by atoms with Crippen molar-refractivity contribution in [2.24, 2.45) is 4.99 Å². The van der Waals surface area contributed by atoms with Crippen molar-refractivity contribution in [3.05, 3.63) is 42.0 Å². The van der Waals surface area contributed by atoms with E-state index < -0.39 is 0 Å². The minimum Gasteiger partial charge on any atom is -0.493 e. The van der Waals surface area contributed by atoms with E-state index in [0.29, 0.717) is 42.6 Å². The van der Waals surface area contributed by atoms with Gasteiger partial charge in [0.05, 0.1) is 21.3 Å². The van der Waals surface area contributed by atoms with Crippen molar-refractivity contribution in [2.75, 3.05) is 51.7 Å². The highest BCUT2D eigenvalue weighted by molar-refractivity contribution is 5.96. The van der Waals surface area contributed by atoms with Crippen LogP contribution in [0.1, 0.15) is 18.4 Å². The zero-order valence-corrected chi connectivity index (χ0v) is 18.5. The van der Waals surface area contributed by atoms with E-state index in [0.717, 1.165) is 24.3 Å². The lowest BCUT2D eigenvalue weighted by Gasteiger charge is -2.18. The Labute approximate surface area is 183 Å². The topological polar surface area (TPSA) is 84.4 Å². The van der Waals surface area contributed by atoms with E-state index in [1.54, 1.807) is 28.4 Å². The second-order valence-electron chi connectivity index (χ2n) is 7.07. The van der Waals surface area contributed by atoms with Crippen molar-refractivity contribution in [3.63, 3.8) is 0 Å². The van der Waals surface area contributed by atoms with Gasteiger partial charge in [-0.1, -0.05) is 18.2 Å². The number of carbonyl (C=O) groups is 1. The maximum absolute atomic E-state index is 12.6. The third kappa shape index (κ3) is 5.20. The molecule has 3 rings (SSSR count). The lowest BCUT2D eigenvalue weighted by atomic mass is 10.2. The van der Waals surface area contributed by atoms with E-state index >= 15 is 0 Å². The molecular weight excluding hydrogens is 396 g/mol. The normalized spacial score (nSPS) is 12.9. The Bertz CT molecular complexity index is 920. The van der Waals surface area contributed by atoms with Gasteiger partial charge in [-0.25, -0.2) is 0 Å². The number of para-hydroxylation sites is 1. The first-order valence-corrected chi connectivity index (χ1v) is 10.3. The molecule has 2 N–H and O–H groups in total. The number of nitrogens with one attached hydrogen (secondary N) is 2. The van der Waals surface area contributed by atoms with E-state index in [9.17, 15) is 4.79 Å². The molecule has 1 aliphatic heterocycles. The summed E-state index contributed by atoms with van der Waals surface area (Å²) in [4.78, 5) is 18.8. The molecule has 0 aromatic heterocycles. The highest BCUT2D eigenvalue weighted by atomic mass is 16.5. The molecule has 0 atom stereocenters. The van der Waals surface area contributed by atoms with Crippen LogP contribution in [0.3, 0.4) is 0 Å². The smallest absolute Gasteiger partial charge is 0.227 e. The molecule has 0 saturated heterocycles. The second-order valence-corrected chi connectivity index (χ2v) is 7.07. The van der Waals surface area contributed by atoms with E-state index in [4.69, 9.17) is 14.2 Å². The molecule has 0 aliphatic carbocycles. The van der Waals surface area contributed by atoms with Crippen molar-refractivity contribution in [3.8, 4) is 17.2 Å². The van der Waals surface area contributed by atoms with Crippen LogP contribution in [0.4, 0.5) is 11.4 Å². The van der Waals surface area contributed by atoms with Gasteiger partial charge in [-0.15, -0.1) is 0 Å². The molecule has 2 aromatic rings. The summed E-state index contributed by atoms with van der Waals surface area (Å²) < 4.78 is 16.1. The van der Waals surface area contributed by atoms with Crippen LogP contribution in [0.15, 0.2) is 41.4 Å². The number of nitrogens with zero attached hydrogens (tertiary/aromatic N) is 2. The summed E-state index contributed by atoms with van der Waals surface area (Å²) in [6.07, 6.45) is 2.10. The van der Waals surface area contributed by atoms with Gasteiger partial charge in [-0.05, 0) is 24.5 Å². The number of benzene rings is 2. The largest absolute Gasteiger partial charge is 0.493 e. The van der Waals surface area contributed by atoms with Crippen LogP contribution < -0.4 is 29.7 Å². The number of carbonyl (C=O) groups excluding carboxylic acids is 1. The van der Waals surface area contributed by atoms with E-state index in [1.807, 2.05) is 35.2 Å². The van der Waals surface area contributed by atoms with Gasteiger partial charge < -0.3 is 29.7 Å². The molecule has 2 aromatic carbocycles. The molecule has 1 heterocycles. The van der Waals surface area contributed by atoms with E-state index in [-0.39, 0.29) is 5.91 Å². The van der Waals surface area contributed by atoms with Gasteiger partial charge in [-0.3, -0.25) is 9.79 Å². The first kappa shape index (κ1) is 22.3.